The molecule has 0 atom stereocenters. The van der Waals surface area contributed by atoms with Crippen molar-refractivity contribution >= 4 is 23.4 Å². The molecule has 24 heavy (non-hydrogen) atoms. The molecular weight excluding hydrogens is 314 g/mol. The van der Waals surface area contributed by atoms with Gasteiger partial charge < -0.3 is 15.1 Å². The number of hydrogen-bond donors (Lipinski definition) is 2. The van der Waals surface area contributed by atoms with Crippen LogP contribution >= 0.6 is 0 Å². The van der Waals surface area contributed by atoms with Crippen LogP contribution < -0.4 is 10.6 Å². The third-order valence-electron chi connectivity index (χ3n) is 2.89. The summed E-state index contributed by atoms with van der Waals surface area (Å²) in [7, 11) is 0. The van der Waals surface area contributed by atoms with Gasteiger partial charge in [-0.15, -0.1) is 0 Å². The molecule has 0 fully saturated rings. The first-order chi connectivity index (χ1) is 11.2. The van der Waals surface area contributed by atoms with E-state index in [0.29, 0.717) is 11.3 Å². The minimum Gasteiger partial charge on any atom is -0.395 e. The Morgan fingerprint density at radius 1 is 1.04 bits per heavy atom. The lowest BCUT2D eigenvalue weighted by atomic mass is 10.1. The van der Waals surface area contributed by atoms with Gasteiger partial charge in [-0.05, 0) is 51.1 Å². The van der Waals surface area contributed by atoms with Crippen LogP contribution in [0.2, 0.25) is 0 Å². The molecule has 2 amide bonds. The van der Waals surface area contributed by atoms with Gasteiger partial charge in [-0.25, -0.2) is 0 Å². The van der Waals surface area contributed by atoms with Crippen molar-refractivity contribution in [2.45, 2.75) is 26.3 Å². The Bertz CT molecular complexity index is 772. The number of hydrogen-bond acceptors (Lipinski definition) is 5. The van der Waals surface area contributed by atoms with Gasteiger partial charge in [-0.2, -0.15) is 0 Å². The summed E-state index contributed by atoms with van der Waals surface area (Å²) in [5.41, 5.74) is 0.542. The highest BCUT2D eigenvalue weighted by Crippen LogP contribution is 2.18. The number of anilines is 1. The second-order valence-electron chi connectivity index (χ2n) is 6.13. The quantitative estimate of drug-likeness (QED) is 0.660. The molecule has 8 heteroatoms. The highest BCUT2D eigenvalue weighted by Gasteiger charge is 2.18. The molecule has 0 saturated carbocycles. The SMILES string of the molecule is CC(C)(C)NC(=O)c1ccc(NC(=O)c2ccc([N+](=O)[O-])o2)cc1. The molecule has 0 aliphatic heterocycles. The minimum atomic E-state index is -0.723. The van der Waals surface area contributed by atoms with E-state index >= 15 is 0 Å². The lowest BCUT2D eigenvalue weighted by Gasteiger charge is -2.20. The van der Waals surface area contributed by atoms with E-state index in [1.165, 1.54) is 6.07 Å². The topological polar surface area (TPSA) is 114 Å². The molecule has 0 unspecified atom stereocenters. The molecule has 2 rings (SSSR count). The number of furan rings is 1. The van der Waals surface area contributed by atoms with Crippen molar-refractivity contribution in [2.24, 2.45) is 0 Å². The van der Waals surface area contributed by atoms with Crippen molar-refractivity contribution < 1.29 is 18.9 Å². The summed E-state index contributed by atoms with van der Waals surface area (Å²) in [5, 5.41) is 15.9. The van der Waals surface area contributed by atoms with E-state index in [9.17, 15) is 19.7 Å². The van der Waals surface area contributed by atoms with Crippen molar-refractivity contribution in [3.05, 3.63) is 57.8 Å². The van der Waals surface area contributed by atoms with Gasteiger partial charge >= 0.3 is 5.88 Å². The molecule has 0 bridgehead atoms. The first-order valence-corrected chi connectivity index (χ1v) is 7.14. The summed E-state index contributed by atoms with van der Waals surface area (Å²) in [4.78, 5) is 33.8. The second kappa shape index (κ2) is 6.53. The first kappa shape index (κ1) is 17.2. The molecule has 1 aromatic heterocycles. The van der Waals surface area contributed by atoms with Gasteiger partial charge in [0.2, 0.25) is 0 Å². The maximum atomic E-state index is 12.0. The summed E-state index contributed by atoms with van der Waals surface area (Å²) in [6.07, 6.45) is 0. The van der Waals surface area contributed by atoms with E-state index in [4.69, 9.17) is 4.42 Å². The molecule has 1 aromatic carbocycles. The van der Waals surface area contributed by atoms with Crippen LogP contribution in [0.5, 0.6) is 0 Å². The van der Waals surface area contributed by atoms with Gasteiger partial charge in [0.15, 0.2) is 5.76 Å². The highest BCUT2D eigenvalue weighted by molar-refractivity contribution is 6.02. The molecule has 0 aliphatic carbocycles. The number of nitrogens with zero attached hydrogens (tertiary/aromatic N) is 1. The fourth-order valence-electron chi connectivity index (χ4n) is 1.86. The van der Waals surface area contributed by atoms with Crippen LogP contribution in [0.25, 0.3) is 0 Å². The van der Waals surface area contributed by atoms with Crippen molar-refractivity contribution in [3.8, 4) is 0 Å². The van der Waals surface area contributed by atoms with Gasteiger partial charge in [-0.1, -0.05) is 0 Å². The average Bonchev–Trinajstić information content (AvgIpc) is 2.96. The molecule has 0 radical (unpaired) electrons. The molecule has 2 N–H and O–H groups in total. The Labute approximate surface area is 138 Å². The predicted octanol–water partition coefficient (Wildman–Crippen LogP) is 2.97. The third-order valence-corrected chi connectivity index (χ3v) is 2.89. The third kappa shape index (κ3) is 4.42. The Balaban J connectivity index is 2.04. The number of benzene rings is 1. The van der Waals surface area contributed by atoms with Crippen LogP contribution in [0, 0.1) is 10.1 Å². The lowest BCUT2D eigenvalue weighted by Crippen LogP contribution is -2.40. The lowest BCUT2D eigenvalue weighted by molar-refractivity contribution is -0.402. The molecule has 126 valence electrons. The first-order valence-electron chi connectivity index (χ1n) is 7.14. The molecule has 0 saturated heterocycles. The second-order valence-corrected chi connectivity index (χ2v) is 6.13. The molecule has 0 aliphatic rings. The number of nitro groups is 1. The maximum Gasteiger partial charge on any atom is 0.433 e. The number of amides is 2. The largest absolute Gasteiger partial charge is 0.433 e. The Morgan fingerprint density at radius 2 is 1.67 bits per heavy atom. The number of carbonyl (C=O) groups excluding carboxylic acids is 2. The Morgan fingerprint density at radius 3 is 2.17 bits per heavy atom. The zero-order valence-corrected chi connectivity index (χ0v) is 13.5. The Hall–Kier alpha value is -3.16. The summed E-state index contributed by atoms with van der Waals surface area (Å²) in [6, 6.07) is 8.59. The monoisotopic (exact) mass is 331 g/mol. The van der Waals surface area contributed by atoms with E-state index in [1.807, 2.05) is 20.8 Å². The summed E-state index contributed by atoms with van der Waals surface area (Å²) in [5.74, 6) is -1.51. The zero-order chi connectivity index (χ0) is 17.9. The van der Waals surface area contributed by atoms with E-state index < -0.39 is 16.7 Å². The Kier molecular flexibility index (Phi) is 4.68. The molecule has 0 spiro atoms. The van der Waals surface area contributed by atoms with Gasteiger partial charge in [0.05, 0.1) is 6.07 Å². The number of carbonyl (C=O) groups is 2. The maximum absolute atomic E-state index is 12.0. The number of rotatable bonds is 4. The fourth-order valence-corrected chi connectivity index (χ4v) is 1.86. The van der Waals surface area contributed by atoms with Crippen molar-refractivity contribution in [1.82, 2.24) is 5.32 Å². The van der Waals surface area contributed by atoms with Gasteiger partial charge in [0, 0.05) is 16.8 Å². The minimum absolute atomic E-state index is 0.170. The molecular formula is C16H17N3O5. The van der Waals surface area contributed by atoms with Gasteiger partial charge in [0.25, 0.3) is 11.8 Å². The summed E-state index contributed by atoms with van der Waals surface area (Å²) < 4.78 is 4.82. The van der Waals surface area contributed by atoms with E-state index in [0.717, 1.165) is 6.07 Å². The van der Waals surface area contributed by atoms with Crippen LogP contribution in [0.4, 0.5) is 11.6 Å². The van der Waals surface area contributed by atoms with Crippen molar-refractivity contribution in [1.29, 1.82) is 0 Å². The predicted molar refractivity (Wildman–Crippen MR) is 87.0 cm³/mol. The van der Waals surface area contributed by atoms with Gasteiger partial charge in [0.1, 0.15) is 4.92 Å². The van der Waals surface area contributed by atoms with E-state index in [1.54, 1.807) is 24.3 Å². The highest BCUT2D eigenvalue weighted by atomic mass is 16.6. The zero-order valence-electron chi connectivity index (χ0n) is 13.5. The standard InChI is InChI=1S/C16H17N3O5/c1-16(2,3)18-14(20)10-4-6-11(7-5-10)17-15(21)12-8-9-13(24-12)19(22)23/h4-9H,1-3H3,(H,17,21)(H,18,20). The van der Waals surface area contributed by atoms with Crippen LogP contribution in [-0.4, -0.2) is 22.3 Å². The fraction of sp³-hybridized carbons (Fsp3) is 0.250. The average molecular weight is 331 g/mol. The molecule has 8 nitrogen and oxygen atoms in total. The molecule has 2 aromatic rings. The number of nitrogens with one attached hydrogen (secondary N) is 2. The van der Waals surface area contributed by atoms with Crippen molar-refractivity contribution in [2.75, 3.05) is 5.32 Å². The van der Waals surface area contributed by atoms with Crippen LogP contribution in [0.15, 0.2) is 40.8 Å². The van der Waals surface area contributed by atoms with Crippen molar-refractivity contribution in [3.63, 3.8) is 0 Å². The van der Waals surface area contributed by atoms with Gasteiger partial charge in [-0.3, -0.25) is 19.7 Å². The summed E-state index contributed by atoms with van der Waals surface area (Å²) >= 11 is 0. The van der Waals surface area contributed by atoms with Crippen LogP contribution in [0.3, 0.4) is 0 Å². The van der Waals surface area contributed by atoms with Crippen LogP contribution in [0.1, 0.15) is 41.7 Å². The smallest absolute Gasteiger partial charge is 0.395 e. The van der Waals surface area contributed by atoms with Crippen LogP contribution in [-0.2, 0) is 0 Å². The summed E-state index contributed by atoms with van der Waals surface area (Å²) in [6.45, 7) is 5.63. The normalized spacial score (nSPS) is 11.0. The van der Waals surface area contributed by atoms with E-state index in [2.05, 4.69) is 10.6 Å². The van der Waals surface area contributed by atoms with E-state index in [-0.39, 0.29) is 17.2 Å². The molecule has 1 heterocycles.